The predicted molar refractivity (Wildman–Crippen MR) is 101 cm³/mol. The number of para-hydroxylation sites is 1. The summed E-state index contributed by atoms with van der Waals surface area (Å²) in [5.41, 5.74) is 5.01. The highest BCUT2D eigenvalue weighted by molar-refractivity contribution is 6.13. The van der Waals surface area contributed by atoms with Crippen LogP contribution in [0.2, 0.25) is 0 Å². The molecule has 4 rings (SSSR count). The summed E-state index contributed by atoms with van der Waals surface area (Å²) in [6, 6.07) is 22.0. The molecule has 0 saturated carbocycles. The van der Waals surface area contributed by atoms with Crippen molar-refractivity contribution in [1.29, 1.82) is 0 Å². The molecule has 0 N–H and O–H groups in total. The van der Waals surface area contributed by atoms with Crippen molar-refractivity contribution in [1.82, 2.24) is 4.57 Å². The quantitative estimate of drug-likeness (QED) is 0.479. The number of ether oxygens (including phenoxy) is 1. The molecule has 0 aliphatic carbocycles. The van der Waals surface area contributed by atoms with Gasteiger partial charge in [-0.3, -0.25) is 0 Å². The van der Waals surface area contributed by atoms with E-state index >= 15 is 0 Å². The summed E-state index contributed by atoms with van der Waals surface area (Å²) in [4.78, 5) is 12.9. The molecule has 3 aromatic carbocycles. The number of hydrogen-bond acceptors (Lipinski definition) is 2. The molecule has 0 aliphatic rings. The van der Waals surface area contributed by atoms with Gasteiger partial charge in [0, 0.05) is 10.8 Å². The highest BCUT2D eigenvalue weighted by Crippen LogP contribution is 2.32. The van der Waals surface area contributed by atoms with Crippen molar-refractivity contribution in [2.24, 2.45) is 0 Å². The van der Waals surface area contributed by atoms with E-state index in [1.165, 1.54) is 5.56 Å². The maximum atomic E-state index is 12.9. The van der Waals surface area contributed by atoms with E-state index in [-0.39, 0.29) is 12.7 Å². The predicted octanol–water partition coefficient (Wildman–Crippen LogP) is 5.60. The van der Waals surface area contributed by atoms with Crippen LogP contribution < -0.4 is 0 Å². The van der Waals surface area contributed by atoms with Crippen molar-refractivity contribution in [2.45, 2.75) is 20.5 Å². The van der Waals surface area contributed by atoms with Crippen LogP contribution in [0.4, 0.5) is 4.79 Å². The molecule has 0 saturated heterocycles. The third kappa shape index (κ3) is 2.68. The number of hydrogen-bond donors (Lipinski definition) is 0. The molecule has 1 aromatic heterocycles. The third-order valence-corrected chi connectivity index (χ3v) is 4.53. The van der Waals surface area contributed by atoms with Crippen molar-refractivity contribution >= 4 is 27.9 Å². The van der Waals surface area contributed by atoms with Crippen LogP contribution in [0.1, 0.15) is 16.7 Å². The highest BCUT2D eigenvalue weighted by Gasteiger charge is 2.18. The van der Waals surface area contributed by atoms with Crippen LogP contribution >= 0.6 is 0 Å². The molecular weight excluding hydrogens is 310 g/mol. The Morgan fingerprint density at radius 2 is 1.72 bits per heavy atom. The Balaban J connectivity index is 1.83. The van der Waals surface area contributed by atoms with Crippen LogP contribution in [0.15, 0.2) is 66.7 Å². The lowest BCUT2D eigenvalue weighted by Crippen LogP contribution is -2.13. The Labute approximate surface area is 146 Å². The summed E-state index contributed by atoms with van der Waals surface area (Å²) < 4.78 is 7.29. The Morgan fingerprint density at radius 3 is 2.52 bits per heavy atom. The van der Waals surface area contributed by atoms with Crippen LogP contribution in [-0.2, 0) is 11.3 Å². The lowest BCUT2D eigenvalue weighted by molar-refractivity contribution is 0.143. The van der Waals surface area contributed by atoms with Gasteiger partial charge in [0.05, 0.1) is 11.0 Å². The zero-order valence-corrected chi connectivity index (χ0v) is 14.3. The molecule has 1 heterocycles. The minimum atomic E-state index is -0.345. The second-order valence-electron chi connectivity index (χ2n) is 6.37. The van der Waals surface area contributed by atoms with Gasteiger partial charge in [-0.15, -0.1) is 0 Å². The number of rotatable bonds is 2. The molecule has 0 radical (unpaired) electrons. The first-order valence-corrected chi connectivity index (χ1v) is 8.36. The summed E-state index contributed by atoms with van der Waals surface area (Å²) in [7, 11) is 0. The van der Waals surface area contributed by atoms with Gasteiger partial charge in [0.2, 0.25) is 0 Å². The van der Waals surface area contributed by atoms with Crippen LogP contribution in [0.3, 0.4) is 0 Å². The molecule has 25 heavy (non-hydrogen) atoms. The van der Waals surface area contributed by atoms with E-state index in [2.05, 4.69) is 19.1 Å². The number of aromatic nitrogens is 1. The minimum absolute atomic E-state index is 0.262. The number of carbonyl (C=O) groups excluding carboxylic acids is 1. The molecule has 0 unspecified atom stereocenters. The monoisotopic (exact) mass is 329 g/mol. The van der Waals surface area contributed by atoms with Gasteiger partial charge < -0.3 is 4.74 Å². The van der Waals surface area contributed by atoms with Gasteiger partial charge in [-0.05, 0) is 37.1 Å². The van der Waals surface area contributed by atoms with Gasteiger partial charge >= 0.3 is 6.09 Å². The van der Waals surface area contributed by atoms with E-state index in [9.17, 15) is 4.79 Å². The highest BCUT2D eigenvalue weighted by atomic mass is 16.5. The van der Waals surface area contributed by atoms with E-state index in [0.717, 1.165) is 32.9 Å². The Morgan fingerprint density at radius 1 is 0.920 bits per heavy atom. The average Bonchev–Trinajstić information content (AvgIpc) is 2.96. The largest absolute Gasteiger partial charge is 0.444 e. The number of fused-ring (bicyclic) bond motifs is 3. The molecule has 4 aromatic rings. The first-order chi connectivity index (χ1) is 12.1. The van der Waals surface area contributed by atoms with Crippen molar-refractivity contribution < 1.29 is 9.53 Å². The van der Waals surface area contributed by atoms with Gasteiger partial charge in [0.15, 0.2) is 0 Å². The van der Waals surface area contributed by atoms with Crippen LogP contribution in [-0.4, -0.2) is 10.7 Å². The topological polar surface area (TPSA) is 31.2 Å². The van der Waals surface area contributed by atoms with E-state index in [4.69, 9.17) is 4.74 Å². The summed E-state index contributed by atoms with van der Waals surface area (Å²) in [6.07, 6.45) is -0.345. The van der Waals surface area contributed by atoms with Crippen LogP contribution in [0.5, 0.6) is 0 Å². The zero-order chi connectivity index (χ0) is 17.4. The molecule has 0 fully saturated rings. The van der Waals surface area contributed by atoms with Gasteiger partial charge in [-0.2, -0.15) is 0 Å². The van der Waals surface area contributed by atoms with Gasteiger partial charge in [-0.25, -0.2) is 9.36 Å². The van der Waals surface area contributed by atoms with Gasteiger partial charge in [0.1, 0.15) is 6.61 Å². The van der Waals surface area contributed by atoms with Gasteiger partial charge in [-0.1, -0.05) is 60.2 Å². The van der Waals surface area contributed by atoms with Crippen molar-refractivity contribution in [3.63, 3.8) is 0 Å². The normalized spacial score (nSPS) is 11.1. The summed E-state index contributed by atoms with van der Waals surface area (Å²) in [5.74, 6) is 0. The summed E-state index contributed by atoms with van der Waals surface area (Å²) in [6.45, 7) is 4.35. The standard InChI is InChI=1S/C22H19NO2/c1-15-11-12-20-19(13-15)18-10-6-7-16(2)21(18)23(20)22(24)25-14-17-8-4-3-5-9-17/h3-13H,14H2,1-2H3. The first-order valence-electron chi connectivity index (χ1n) is 8.36. The lowest BCUT2D eigenvalue weighted by Gasteiger charge is -2.09. The van der Waals surface area contributed by atoms with Crippen LogP contribution in [0, 0.1) is 13.8 Å². The maximum absolute atomic E-state index is 12.9. The fourth-order valence-corrected chi connectivity index (χ4v) is 3.33. The molecule has 3 nitrogen and oxygen atoms in total. The van der Waals surface area contributed by atoms with E-state index in [0.29, 0.717) is 0 Å². The Kier molecular flexibility index (Phi) is 3.77. The Bertz CT molecular complexity index is 1080. The second kappa shape index (κ2) is 6.10. The minimum Gasteiger partial charge on any atom is -0.444 e. The molecular formula is C22H19NO2. The van der Waals surface area contributed by atoms with Gasteiger partial charge in [0.25, 0.3) is 0 Å². The van der Waals surface area contributed by atoms with Crippen LogP contribution in [0.25, 0.3) is 21.8 Å². The van der Waals surface area contributed by atoms with E-state index < -0.39 is 0 Å². The third-order valence-electron chi connectivity index (χ3n) is 4.53. The van der Waals surface area contributed by atoms with Crippen molar-refractivity contribution in [3.05, 3.63) is 83.4 Å². The fourth-order valence-electron chi connectivity index (χ4n) is 3.33. The SMILES string of the molecule is Cc1ccc2c(c1)c1cccc(C)c1n2C(=O)OCc1ccccc1. The second-order valence-corrected chi connectivity index (χ2v) is 6.37. The van der Waals surface area contributed by atoms with E-state index in [1.54, 1.807) is 4.57 Å². The van der Waals surface area contributed by atoms with Crippen molar-refractivity contribution in [3.8, 4) is 0 Å². The molecule has 0 atom stereocenters. The molecule has 0 amide bonds. The smallest absolute Gasteiger partial charge is 0.419 e. The number of aryl methyl sites for hydroxylation is 2. The molecule has 124 valence electrons. The number of carbonyl (C=O) groups is 1. The molecule has 0 spiro atoms. The number of benzene rings is 3. The fraction of sp³-hybridized carbons (Fsp3) is 0.136. The lowest BCUT2D eigenvalue weighted by atomic mass is 10.1. The first kappa shape index (κ1) is 15.5. The zero-order valence-electron chi connectivity index (χ0n) is 14.3. The molecule has 0 aliphatic heterocycles. The molecule has 0 bridgehead atoms. The summed E-state index contributed by atoms with van der Waals surface area (Å²) >= 11 is 0. The van der Waals surface area contributed by atoms with E-state index in [1.807, 2.05) is 61.5 Å². The maximum Gasteiger partial charge on any atom is 0.419 e. The molecule has 3 heteroatoms. The number of nitrogens with zero attached hydrogens (tertiary/aromatic N) is 1. The van der Waals surface area contributed by atoms with Crippen molar-refractivity contribution in [2.75, 3.05) is 0 Å². The average molecular weight is 329 g/mol. The summed E-state index contributed by atoms with van der Waals surface area (Å²) in [5, 5.41) is 2.16. The Hall–Kier alpha value is -3.07.